The first-order chi connectivity index (χ1) is 14.1. The van der Waals surface area contributed by atoms with E-state index in [1.165, 1.54) is 0 Å². The van der Waals surface area contributed by atoms with E-state index in [1.807, 2.05) is 54.8 Å². The molecule has 29 heavy (non-hydrogen) atoms. The van der Waals surface area contributed by atoms with E-state index in [-0.39, 0.29) is 11.6 Å². The molecule has 0 unspecified atom stereocenters. The molecule has 1 atom stereocenters. The van der Waals surface area contributed by atoms with E-state index >= 15 is 0 Å². The zero-order valence-electron chi connectivity index (χ0n) is 16.6. The van der Waals surface area contributed by atoms with Gasteiger partial charge in [0.05, 0.1) is 23.8 Å². The Morgan fingerprint density at radius 1 is 1.03 bits per heavy atom. The standard InChI is InChI=1S/C22H21N5O2/c1-4-13(2)27-14(3)23-20-18(22(27)28)19-21(26(20)12-15-8-7-11-29-15)25-17-10-6-5-9-16(17)24-19/h5-11,13H,4,12H2,1-3H3/t13-/m1/s1. The zero-order valence-corrected chi connectivity index (χ0v) is 16.6. The molecule has 7 heteroatoms. The second-order valence-corrected chi connectivity index (χ2v) is 7.34. The maximum Gasteiger partial charge on any atom is 0.265 e. The maximum atomic E-state index is 13.5. The first-order valence-electron chi connectivity index (χ1n) is 9.78. The molecule has 7 nitrogen and oxygen atoms in total. The Balaban J connectivity index is 1.94. The van der Waals surface area contributed by atoms with Crippen molar-refractivity contribution in [1.29, 1.82) is 0 Å². The summed E-state index contributed by atoms with van der Waals surface area (Å²) in [6, 6.07) is 11.5. The predicted octanol–water partition coefficient (Wildman–Crippen LogP) is 4.22. The lowest BCUT2D eigenvalue weighted by molar-refractivity contribution is 0.491. The summed E-state index contributed by atoms with van der Waals surface area (Å²) >= 11 is 0. The monoisotopic (exact) mass is 387 g/mol. The van der Waals surface area contributed by atoms with Crippen molar-refractivity contribution in [2.45, 2.75) is 39.8 Å². The van der Waals surface area contributed by atoms with Crippen molar-refractivity contribution in [2.75, 3.05) is 0 Å². The molecule has 4 aromatic heterocycles. The summed E-state index contributed by atoms with van der Waals surface area (Å²) in [4.78, 5) is 28.0. The third-order valence-corrected chi connectivity index (χ3v) is 5.50. The summed E-state index contributed by atoms with van der Waals surface area (Å²) in [5.41, 5.74) is 3.28. The maximum absolute atomic E-state index is 13.5. The highest BCUT2D eigenvalue weighted by Gasteiger charge is 2.23. The molecule has 0 bridgehead atoms. The summed E-state index contributed by atoms with van der Waals surface area (Å²) in [6.45, 7) is 6.40. The fraction of sp³-hybridized carbons (Fsp3) is 0.273. The van der Waals surface area contributed by atoms with Gasteiger partial charge in [0.1, 0.15) is 22.5 Å². The molecular formula is C22H21N5O2. The minimum absolute atomic E-state index is 0.0521. The van der Waals surface area contributed by atoms with Gasteiger partial charge in [-0.2, -0.15) is 0 Å². The molecule has 1 aromatic carbocycles. The Labute approximate surface area is 166 Å². The van der Waals surface area contributed by atoms with Crippen LogP contribution in [0.3, 0.4) is 0 Å². The van der Waals surface area contributed by atoms with E-state index in [1.54, 1.807) is 10.8 Å². The van der Waals surface area contributed by atoms with Crippen molar-refractivity contribution in [1.82, 2.24) is 24.1 Å². The molecule has 5 rings (SSSR count). The van der Waals surface area contributed by atoms with Crippen LogP contribution < -0.4 is 5.56 Å². The van der Waals surface area contributed by atoms with E-state index in [2.05, 4.69) is 6.92 Å². The average Bonchev–Trinajstić information content (AvgIpc) is 3.33. The third-order valence-electron chi connectivity index (χ3n) is 5.50. The fourth-order valence-electron chi connectivity index (χ4n) is 3.89. The van der Waals surface area contributed by atoms with Crippen LogP contribution in [0.25, 0.3) is 33.2 Å². The van der Waals surface area contributed by atoms with E-state index < -0.39 is 0 Å². The largest absolute Gasteiger partial charge is 0.467 e. The highest BCUT2D eigenvalue weighted by molar-refractivity contribution is 6.04. The molecule has 5 aromatic rings. The van der Waals surface area contributed by atoms with Crippen molar-refractivity contribution >= 4 is 33.2 Å². The molecule has 0 radical (unpaired) electrons. The summed E-state index contributed by atoms with van der Waals surface area (Å²) in [5.74, 6) is 1.45. The number of hydrogen-bond acceptors (Lipinski definition) is 5. The van der Waals surface area contributed by atoms with Gasteiger partial charge in [0.2, 0.25) is 0 Å². The Bertz CT molecular complexity index is 1410. The number of hydrogen-bond donors (Lipinski definition) is 0. The molecule has 4 heterocycles. The van der Waals surface area contributed by atoms with Crippen molar-refractivity contribution in [3.8, 4) is 0 Å². The number of nitrogens with zero attached hydrogens (tertiary/aromatic N) is 5. The molecule has 0 saturated carbocycles. The molecule has 0 fully saturated rings. The van der Waals surface area contributed by atoms with Crippen LogP contribution in [-0.4, -0.2) is 24.1 Å². The number of fused-ring (bicyclic) bond motifs is 4. The van der Waals surface area contributed by atoms with Gasteiger partial charge in [-0.05, 0) is 44.5 Å². The number of para-hydroxylation sites is 2. The van der Waals surface area contributed by atoms with Gasteiger partial charge in [-0.3, -0.25) is 9.36 Å². The normalized spacial score (nSPS) is 12.9. The highest BCUT2D eigenvalue weighted by atomic mass is 16.3. The number of aryl methyl sites for hydroxylation is 1. The van der Waals surface area contributed by atoms with E-state index in [4.69, 9.17) is 19.4 Å². The summed E-state index contributed by atoms with van der Waals surface area (Å²) < 4.78 is 9.24. The summed E-state index contributed by atoms with van der Waals surface area (Å²) in [7, 11) is 0. The molecule has 0 saturated heterocycles. The Hall–Kier alpha value is -3.48. The lowest BCUT2D eigenvalue weighted by Gasteiger charge is -2.16. The number of rotatable bonds is 4. The topological polar surface area (TPSA) is 78.7 Å². The van der Waals surface area contributed by atoms with Crippen LogP contribution in [0.1, 0.15) is 37.9 Å². The first-order valence-corrected chi connectivity index (χ1v) is 9.78. The van der Waals surface area contributed by atoms with Crippen LogP contribution in [0.15, 0.2) is 51.9 Å². The van der Waals surface area contributed by atoms with Gasteiger partial charge in [0.25, 0.3) is 5.56 Å². The number of furan rings is 1. The quantitative estimate of drug-likeness (QED) is 0.461. The SMILES string of the molecule is CC[C@@H](C)n1c(C)nc2c(c1=O)c1nc3ccccc3nc1n2Cc1ccco1. The molecule has 146 valence electrons. The van der Waals surface area contributed by atoms with E-state index in [0.717, 1.165) is 23.2 Å². The smallest absolute Gasteiger partial charge is 0.265 e. The molecule has 0 N–H and O–H groups in total. The van der Waals surface area contributed by atoms with Gasteiger partial charge in [-0.15, -0.1) is 0 Å². The van der Waals surface area contributed by atoms with Gasteiger partial charge in [-0.25, -0.2) is 15.0 Å². The molecule has 0 aliphatic carbocycles. The van der Waals surface area contributed by atoms with Crippen molar-refractivity contribution in [3.63, 3.8) is 0 Å². The minimum atomic E-state index is -0.0744. The van der Waals surface area contributed by atoms with Crippen LogP contribution in [0.4, 0.5) is 0 Å². The number of benzene rings is 1. The van der Waals surface area contributed by atoms with Crippen LogP contribution in [0.5, 0.6) is 0 Å². The molecular weight excluding hydrogens is 366 g/mol. The Morgan fingerprint density at radius 2 is 1.79 bits per heavy atom. The van der Waals surface area contributed by atoms with E-state index in [9.17, 15) is 4.79 Å². The molecule has 0 amide bonds. The van der Waals surface area contributed by atoms with Gasteiger partial charge in [0, 0.05) is 6.04 Å². The third kappa shape index (κ3) is 2.65. The molecule has 0 aliphatic heterocycles. The highest BCUT2D eigenvalue weighted by Crippen LogP contribution is 2.27. The average molecular weight is 387 g/mol. The summed E-state index contributed by atoms with van der Waals surface area (Å²) in [5, 5.41) is 0.510. The lowest BCUT2D eigenvalue weighted by atomic mass is 10.2. The predicted molar refractivity (Wildman–Crippen MR) is 112 cm³/mol. The second-order valence-electron chi connectivity index (χ2n) is 7.34. The fourth-order valence-corrected chi connectivity index (χ4v) is 3.89. The van der Waals surface area contributed by atoms with E-state index in [0.29, 0.717) is 34.6 Å². The van der Waals surface area contributed by atoms with Gasteiger partial charge in [0.15, 0.2) is 11.3 Å². The first kappa shape index (κ1) is 17.6. The van der Waals surface area contributed by atoms with Crippen molar-refractivity contribution < 1.29 is 4.42 Å². The lowest BCUT2D eigenvalue weighted by Crippen LogP contribution is -2.26. The van der Waals surface area contributed by atoms with Crippen LogP contribution in [-0.2, 0) is 6.54 Å². The molecule has 0 spiro atoms. The Kier molecular flexibility index (Phi) is 3.97. The second kappa shape index (κ2) is 6.55. The van der Waals surface area contributed by atoms with Crippen molar-refractivity contribution in [3.05, 3.63) is 64.6 Å². The van der Waals surface area contributed by atoms with Crippen LogP contribution >= 0.6 is 0 Å². The minimum Gasteiger partial charge on any atom is -0.467 e. The number of aromatic nitrogens is 5. The van der Waals surface area contributed by atoms with Gasteiger partial charge in [-0.1, -0.05) is 19.1 Å². The zero-order chi connectivity index (χ0) is 20.1. The van der Waals surface area contributed by atoms with Crippen LogP contribution in [0, 0.1) is 6.92 Å². The Morgan fingerprint density at radius 3 is 2.48 bits per heavy atom. The molecule has 0 aliphatic rings. The summed E-state index contributed by atoms with van der Waals surface area (Å²) in [6.07, 6.45) is 2.48. The van der Waals surface area contributed by atoms with Crippen molar-refractivity contribution in [2.24, 2.45) is 0 Å². The van der Waals surface area contributed by atoms with Crippen LogP contribution in [0.2, 0.25) is 0 Å². The van der Waals surface area contributed by atoms with Gasteiger partial charge >= 0.3 is 0 Å². The van der Waals surface area contributed by atoms with Gasteiger partial charge < -0.3 is 8.98 Å².